The summed E-state index contributed by atoms with van der Waals surface area (Å²) in [6, 6.07) is 9.76. The standard InChI is InChI=1S/C11H17NO2/c1-11(2,3)13-14-12(4)10-8-6-5-7-9-10/h5-9H,1-4H3. The van der Waals surface area contributed by atoms with Crippen LogP contribution in [0.3, 0.4) is 0 Å². The highest BCUT2D eigenvalue weighted by Gasteiger charge is 2.13. The molecule has 0 amide bonds. The van der Waals surface area contributed by atoms with Crippen molar-refractivity contribution < 1.29 is 9.88 Å². The Labute approximate surface area is 85.1 Å². The largest absolute Gasteiger partial charge is 0.226 e. The van der Waals surface area contributed by atoms with Crippen molar-refractivity contribution >= 4 is 5.69 Å². The third kappa shape index (κ3) is 3.77. The molecule has 0 N–H and O–H groups in total. The van der Waals surface area contributed by atoms with Crippen LogP contribution in [0.1, 0.15) is 20.8 Å². The maximum atomic E-state index is 5.17. The minimum absolute atomic E-state index is 0.303. The molecule has 0 saturated carbocycles. The molecule has 0 aromatic heterocycles. The third-order valence-electron chi connectivity index (χ3n) is 1.52. The van der Waals surface area contributed by atoms with Gasteiger partial charge in [0.25, 0.3) is 0 Å². The van der Waals surface area contributed by atoms with Crippen LogP contribution >= 0.6 is 0 Å². The lowest BCUT2D eigenvalue weighted by Gasteiger charge is -2.23. The smallest absolute Gasteiger partial charge is 0.0977 e. The van der Waals surface area contributed by atoms with E-state index in [0.29, 0.717) is 0 Å². The number of rotatable bonds is 3. The molecule has 0 atom stereocenters. The van der Waals surface area contributed by atoms with Gasteiger partial charge in [-0.15, -0.1) is 4.99 Å². The van der Waals surface area contributed by atoms with E-state index in [4.69, 9.17) is 9.88 Å². The highest BCUT2D eigenvalue weighted by atomic mass is 17.3. The van der Waals surface area contributed by atoms with Gasteiger partial charge in [0.15, 0.2) is 0 Å². The van der Waals surface area contributed by atoms with Crippen molar-refractivity contribution in [1.29, 1.82) is 0 Å². The number of hydrogen-bond acceptors (Lipinski definition) is 3. The normalized spacial score (nSPS) is 11.4. The second-order valence-electron chi connectivity index (χ2n) is 4.10. The summed E-state index contributed by atoms with van der Waals surface area (Å²) in [7, 11) is 1.81. The number of nitrogens with zero attached hydrogens (tertiary/aromatic N) is 1. The predicted molar refractivity (Wildman–Crippen MR) is 56.8 cm³/mol. The number of benzene rings is 1. The Balaban J connectivity index is 2.48. The Kier molecular flexibility index (Phi) is 3.49. The van der Waals surface area contributed by atoms with Gasteiger partial charge in [-0.05, 0) is 32.9 Å². The van der Waals surface area contributed by atoms with Gasteiger partial charge in [-0.25, -0.2) is 9.95 Å². The molecule has 3 nitrogen and oxygen atoms in total. The fourth-order valence-corrected chi connectivity index (χ4v) is 0.849. The molecule has 0 unspecified atom stereocenters. The van der Waals surface area contributed by atoms with Gasteiger partial charge in [-0.1, -0.05) is 18.2 Å². The molecule has 3 heteroatoms. The molecule has 0 heterocycles. The van der Waals surface area contributed by atoms with Gasteiger partial charge >= 0.3 is 0 Å². The molecule has 0 radical (unpaired) electrons. The Bertz CT molecular complexity index is 266. The van der Waals surface area contributed by atoms with E-state index < -0.39 is 0 Å². The first-order valence-electron chi connectivity index (χ1n) is 4.63. The van der Waals surface area contributed by atoms with Gasteiger partial charge < -0.3 is 0 Å². The van der Waals surface area contributed by atoms with E-state index in [0.717, 1.165) is 5.69 Å². The van der Waals surface area contributed by atoms with E-state index in [1.807, 2.05) is 51.1 Å². The highest BCUT2D eigenvalue weighted by Crippen LogP contribution is 2.14. The first-order valence-corrected chi connectivity index (χ1v) is 4.63. The topological polar surface area (TPSA) is 21.7 Å². The fraction of sp³-hybridized carbons (Fsp3) is 0.455. The molecule has 1 aromatic carbocycles. The zero-order chi connectivity index (χ0) is 10.6. The maximum Gasteiger partial charge on any atom is 0.0977 e. The van der Waals surface area contributed by atoms with Crippen LogP contribution in [-0.4, -0.2) is 12.6 Å². The number of hydrogen-bond donors (Lipinski definition) is 0. The Hall–Kier alpha value is -1.06. The van der Waals surface area contributed by atoms with Crippen LogP contribution in [-0.2, 0) is 9.88 Å². The van der Waals surface area contributed by atoms with E-state index in [1.54, 1.807) is 12.1 Å². The van der Waals surface area contributed by atoms with E-state index in [1.165, 1.54) is 0 Å². The summed E-state index contributed by atoms with van der Waals surface area (Å²) in [6.45, 7) is 5.81. The van der Waals surface area contributed by atoms with Crippen molar-refractivity contribution in [1.82, 2.24) is 0 Å². The van der Waals surface area contributed by atoms with Gasteiger partial charge in [0.2, 0.25) is 0 Å². The van der Waals surface area contributed by atoms with Crippen LogP contribution in [0.15, 0.2) is 30.3 Å². The van der Waals surface area contributed by atoms with Crippen LogP contribution in [0.4, 0.5) is 5.69 Å². The highest BCUT2D eigenvalue weighted by molar-refractivity contribution is 5.42. The van der Waals surface area contributed by atoms with Gasteiger partial charge in [-0.3, -0.25) is 0 Å². The molecule has 0 saturated heterocycles. The van der Waals surface area contributed by atoms with E-state index in [9.17, 15) is 0 Å². The Morgan fingerprint density at radius 3 is 2.14 bits per heavy atom. The molecule has 0 spiro atoms. The van der Waals surface area contributed by atoms with Crippen LogP contribution < -0.4 is 5.06 Å². The van der Waals surface area contributed by atoms with Crippen LogP contribution in [0.2, 0.25) is 0 Å². The van der Waals surface area contributed by atoms with Gasteiger partial charge in [0.05, 0.1) is 11.3 Å². The summed E-state index contributed by atoms with van der Waals surface area (Å²) < 4.78 is 0. The zero-order valence-corrected chi connectivity index (χ0v) is 9.15. The lowest BCUT2D eigenvalue weighted by atomic mass is 10.2. The average Bonchev–Trinajstić information content (AvgIpc) is 2.14. The second-order valence-corrected chi connectivity index (χ2v) is 4.10. The molecule has 0 fully saturated rings. The number of para-hydroxylation sites is 1. The van der Waals surface area contributed by atoms with Crippen molar-refractivity contribution in [2.75, 3.05) is 12.1 Å². The molecule has 0 aliphatic rings. The van der Waals surface area contributed by atoms with Crippen LogP contribution in [0, 0.1) is 0 Å². The van der Waals surface area contributed by atoms with E-state index >= 15 is 0 Å². The van der Waals surface area contributed by atoms with Crippen molar-refractivity contribution in [2.24, 2.45) is 0 Å². The summed E-state index contributed by atoms with van der Waals surface area (Å²) in [5, 5.41) is 1.59. The molecule has 0 aliphatic carbocycles. The summed E-state index contributed by atoms with van der Waals surface area (Å²) in [4.78, 5) is 10.3. The molecule has 1 rings (SSSR count). The summed E-state index contributed by atoms with van der Waals surface area (Å²) >= 11 is 0. The molecule has 0 bridgehead atoms. The minimum atomic E-state index is -0.303. The third-order valence-corrected chi connectivity index (χ3v) is 1.52. The SMILES string of the molecule is CN(OOC(C)(C)C)c1ccccc1. The molecule has 78 valence electrons. The quantitative estimate of drug-likeness (QED) is 0.547. The van der Waals surface area contributed by atoms with Gasteiger partial charge in [0, 0.05) is 7.05 Å². The monoisotopic (exact) mass is 195 g/mol. The van der Waals surface area contributed by atoms with Crippen LogP contribution in [0.5, 0.6) is 0 Å². The first-order chi connectivity index (χ1) is 6.49. The predicted octanol–water partition coefficient (Wildman–Crippen LogP) is 2.78. The maximum absolute atomic E-state index is 5.17. The second kappa shape index (κ2) is 4.44. The van der Waals surface area contributed by atoms with Gasteiger partial charge in [0.1, 0.15) is 0 Å². The molecule has 1 aromatic rings. The summed E-state index contributed by atoms with van der Waals surface area (Å²) in [5.41, 5.74) is 0.653. The molecule has 0 aliphatic heterocycles. The van der Waals surface area contributed by atoms with Crippen molar-refractivity contribution in [3.63, 3.8) is 0 Å². The lowest BCUT2D eigenvalue weighted by molar-refractivity contribution is -0.353. The van der Waals surface area contributed by atoms with Gasteiger partial charge in [-0.2, -0.15) is 0 Å². The first kappa shape index (κ1) is 11.0. The Morgan fingerprint density at radius 2 is 1.64 bits per heavy atom. The molecular formula is C11H17NO2. The average molecular weight is 195 g/mol. The minimum Gasteiger partial charge on any atom is -0.226 e. The molecular weight excluding hydrogens is 178 g/mol. The number of hydroxylamine groups is 1. The molecule has 14 heavy (non-hydrogen) atoms. The summed E-state index contributed by atoms with van der Waals surface area (Å²) in [6.07, 6.45) is 0. The lowest BCUT2D eigenvalue weighted by Crippen LogP contribution is -2.26. The van der Waals surface area contributed by atoms with Crippen molar-refractivity contribution in [2.45, 2.75) is 26.4 Å². The zero-order valence-electron chi connectivity index (χ0n) is 9.15. The Morgan fingerprint density at radius 1 is 1.07 bits per heavy atom. The number of anilines is 1. The van der Waals surface area contributed by atoms with E-state index in [-0.39, 0.29) is 5.60 Å². The van der Waals surface area contributed by atoms with E-state index in [2.05, 4.69) is 0 Å². The van der Waals surface area contributed by atoms with Crippen LogP contribution in [0.25, 0.3) is 0 Å². The van der Waals surface area contributed by atoms with Crippen molar-refractivity contribution in [3.05, 3.63) is 30.3 Å². The summed E-state index contributed by atoms with van der Waals surface area (Å²) in [5.74, 6) is 0. The fourth-order valence-electron chi connectivity index (χ4n) is 0.849. The van der Waals surface area contributed by atoms with Crippen molar-refractivity contribution in [3.8, 4) is 0 Å².